The van der Waals surface area contributed by atoms with E-state index in [0.29, 0.717) is 12.4 Å². The number of hydrogen-bond donors (Lipinski definition) is 1. The molecule has 2 aromatic rings. The van der Waals surface area contributed by atoms with E-state index in [2.05, 4.69) is 48.2 Å². The topological polar surface area (TPSA) is 54.9 Å². The molecule has 0 bridgehead atoms. The summed E-state index contributed by atoms with van der Waals surface area (Å²) in [6.45, 7) is 6.47. The molecule has 0 spiro atoms. The number of benzene rings is 1. The van der Waals surface area contributed by atoms with E-state index in [-0.39, 0.29) is 11.3 Å². The van der Waals surface area contributed by atoms with Crippen LogP contribution in [-0.4, -0.2) is 15.9 Å². The van der Waals surface area contributed by atoms with Crippen molar-refractivity contribution < 1.29 is 4.79 Å². The van der Waals surface area contributed by atoms with Crippen LogP contribution in [-0.2, 0) is 16.6 Å². The fraction of sp³-hybridized carbons (Fsp3) is 0.312. The number of nitrogens with zero attached hydrogens (tertiary/aromatic N) is 2. The Hall–Kier alpha value is -2.23. The Morgan fingerprint density at radius 1 is 1.15 bits per heavy atom. The van der Waals surface area contributed by atoms with Crippen LogP contribution in [0.5, 0.6) is 0 Å². The van der Waals surface area contributed by atoms with Crippen LogP contribution in [0.3, 0.4) is 0 Å². The van der Waals surface area contributed by atoms with E-state index in [9.17, 15) is 4.79 Å². The smallest absolute Gasteiger partial charge is 0.231 e. The molecule has 1 aromatic heterocycles. The molecule has 0 atom stereocenters. The second-order valence-electron chi connectivity index (χ2n) is 5.75. The zero-order chi connectivity index (χ0) is 14.6. The van der Waals surface area contributed by atoms with Crippen molar-refractivity contribution >= 4 is 11.9 Å². The minimum atomic E-state index is -0.109. The van der Waals surface area contributed by atoms with Gasteiger partial charge in [0.1, 0.15) is 0 Å². The van der Waals surface area contributed by atoms with Crippen molar-refractivity contribution in [3.8, 4) is 0 Å². The Bertz CT molecular complexity index is 588. The van der Waals surface area contributed by atoms with E-state index in [1.165, 1.54) is 5.56 Å². The van der Waals surface area contributed by atoms with Crippen molar-refractivity contribution in [1.29, 1.82) is 0 Å². The summed E-state index contributed by atoms with van der Waals surface area (Å²) in [5, 5.41) is 2.69. The highest BCUT2D eigenvalue weighted by Gasteiger charge is 2.14. The van der Waals surface area contributed by atoms with Gasteiger partial charge < -0.3 is 0 Å². The van der Waals surface area contributed by atoms with Gasteiger partial charge in [-0.2, -0.15) is 0 Å². The van der Waals surface area contributed by atoms with Gasteiger partial charge in [-0.25, -0.2) is 9.97 Å². The molecule has 1 aromatic carbocycles. The molecule has 0 saturated carbocycles. The molecule has 0 aliphatic carbocycles. The maximum atomic E-state index is 12.0. The van der Waals surface area contributed by atoms with Crippen LogP contribution in [0.2, 0.25) is 0 Å². The predicted octanol–water partition coefficient (Wildman–Crippen LogP) is 2.96. The van der Waals surface area contributed by atoms with Gasteiger partial charge >= 0.3 is 0 Å². The molecule has 0 radical (unpaired) electrons. The molecular formula is C16H19N3O. The van der Waals surface area contributed by atoms with Crippen molar-refractivity contribution in [3.05, 3.63) is 53.9 Å². The normalized spacial score (nSPS) is 11.2. The van der Waals surface area contributed by atoms with Gasteiger partial charge in [0.2, 0.25) is 11.9 Å². The van der Waals surface area contributed by atoms with Gasteiger partial charge in [0.15, 0.2) is 0 Å². The van der Waals surface area contributed by atoms with E-state index >= 15 is 0 Å². The minimum Gasteiger partial charge on any atom is -0.294 e. The maximum absolute atomic E-state index is 12.0. The first-order valence-corrected chi connectivity index (χ1v) is 6.61. The highest BCUT2D eigenvalue weighted by atomic mass is 16.1. The summed E-state index contributed by atoms with van der Waals surface area (Å²) >= 11 is 0. The average Bonchev–Trinajstić information content (AvgIpc) is 2.39. The van der Waals surface area contributed by atoms with Gasteiger partial charge in [0.05, 0.1) is 6.42 Å². The van der Waals surface area contributed by atoms with E-state index in [4.69, 9.17) is 0 Å². The summed E-state index contributed by atoms with van der Waals surface area (Å²) in [7, 11) is 0. The van der Waals surface area contributed by atoms with Gasteiger partial charge in [-0.1, -0.05) is 45.0 Å². The number of nitrogens with one attached hydrogen (secondary N) is 1. The summed E-state index contributed by atoms with van der Waals surface area (Å²) in [6.07, 6.45) is 3.52. The first-order chi connectivity index (χ1) is 9.45. The van der Waals surface area contributed by atoms with Crippen LogP contribution in [0.15, 0.2) is 42.7 Å². The van der Waals surface area contributed by atoms with Gasteiger partial charge in [0, 0.05) is 12.4 Å². The van der Waals surface area contributed by atoms with Gasteiger partial charge in [-0.05, 0) is 22.6 Å². The highest BCUT2D eigenvalue weighted by molar-refractivity contribution is 5.90. The number of carbonyl (C=O) groups excluding carboxylic acids is 1. The SMILES string of the molecule is CC(C)(C)c1cccc(CC(=O)Nc2ncccn2)c1. The second kappa shape index (κ2) is 5.82. The standard InChI is InChI=1S/C16H19N3O/c1-16(2,3)13-7-4-6-12(10-13)11-14(20)19-15-17-8-5-9-18-15/h4-10H,11H2,1-3H3,(H,17,18,19,20). The van der Waals surface area contributed by atoms with Crippen molar-refractivity contribution in [2.45, 2.75) is 32.6 Å². The Kier molecular flexibility index (Phi) is 4.13. The summed E-state index contributed by atoms with van der Waals surface area (Å²) in [5.74, 6) is 0.228. The predicted molar refractivity (Wildman–Crippen MR) is 79.5 cm³/mol. The van der Waals surface area contributed by atoms with Crippen LogP contribution >= 0.6 is 0 Å². The average molecular weight is 269 g/mol. The van der Waals surface area contributed by atoms with E-state index in [1.807, 2.05) is 12.1 Å². The molecule has 0 aliphatic heterocycles. The van der Waals surface area contributed by atoms with Crippen molar-refractivity contribution in [2.24, 2.45) is 0 Å². The van der Waals surface area contributed by atoms with Crippen LogP contribution in [0.1, 0.15) is 31.9 Å². The maximum Gasteiger partial charge on any atom is 0.231 e. The first-order valence-electron chi connectivity index (χ1n) is 6.61. The van der Waals surface area contributed by atoms with Crippen molar-refractivity contribution in [2.75, 3.05) is 5.32 Å². The summed E-state index contributed by atoms with van der Waals surface area (Å²) in [6, 6.07) is 9.82. The molecule has 104 valence electrons. The number of anilines is 1. The molecule has 0 saturated heterocycles. The molecule has 0 unspecified atom stereocenters. The quantitative estimate of drug-likeness (QED) is 0.932. The van der Waals surface area contributed by atoms with Gasteiger partial charge in [-0.15, -0.1) is 0 Å². The number of amides is 1. The van der Waals surface area contributed by atoms with Crippen molar-refractivity contribution in [1.82, 2.24) is 9.97 Å². The van der Waals surface area contributed by atoms with E-state index in [0.717, 1.165) is 5.56 Å². The zero-order valence-electron chi connectivity index (χ0n) is 12.1. The van der Waals surface area contributed by atoms with E-state index in [1.54, 1.807) is 18.5 Å². The lowest BCUT2D eigenvalue weighted by Gasteiger charge is -2.19. The third-order valence-electron chi connectivity index (χ3n) is 2.97. The molecule has 0 fully saturated rings. The molecule has 4 nitrogen and oxygen atoms in total. The van der Waals surface area contributed by atoms with Crippen LogP contribution < -0.4 is 5.32 Å². The monoisotopic (exact) mass is 269 g/mol. The third-order valence-corrected chi connectivity index (χ3v) is 2.97. The Balaban J connectivity index is 2.05. The Morgan fingerprint density at radius 3 is 2.50 bits per heavy atom. The van der Waals surface area contributed by atoms with Crippen LogP contribution in [0.4, 0.5) is 5.95 Å². The number of rotatable bonds is 3. The number of carbonyl (C=O) groups is 1. The summed E-state index contributed by atoms with van der Waals surface area (Å²) < 4.78 is 0. The van der Waals surface area contributed by atoms with Crippen LogP contribution in [0.25, 0.3) is 0 Å². The molecule has 1 heterocycles. The lowest BCUT2D eigenvalue weighted by molar-refractivity contribution is -0.115. The fourth-order valence-corrected chi connectivity index (χ4v) is 1.87. The number of aromatic nitrogens is 2. The van der Waals surface area contributed by atoms with E-state index < -0.39 is 0 Å². The molecular weight excluding hydrogens is 250 g/mol. The Morgan fingerprint density at radius 2 is 1.85 bits per heavy atom. The zero-order valence-corrected chi connectivity index (χ0v) is 12.1. The lowest BCUT2D eigenvalue weighted by atomic mass is 9.86. The largest absolute Gasteiger partial charge is 0.294 e. The lowest BCUT2D eigenvalue weighted by Crippen LogP contribution is -2.17. The molecule has 2 rings (SSSR count). The summed E-state index contributed by atoms with van der Waals surface area (Å²) in [5.41, 5.74) is 2.29. The fourth-order valence-electron chi connectivity index (χ4n) is 1.87. The second-order valence-corrected chi connectivity index (χ2v) is 5.75. The Labute approximate surface area is 119 Å². The molecule has 4 heteroatoms. The summed E-state index contributed by atoms with van der Waals surface area (Å²) in [4.78, 5) is 19.9. The van der Waals surface area contributed by atoms with Crippen molar-refractivity contribution in [3.63, 3.8) is 0 Å². The number of hydrogen-bond acceptors (Lipinski definition) is 3. The first kappa shape index (κ1) is 14.2. The molecule has 20 heavy (non-hydrogen) atoms. The molecule has 1 amide bonds. The third kappa shape index (κ3) is 3.88. The highest BCUT2D eigenvalue weighted by Crippen LogP contribution is 2.22. The van der Waals surface area contributed by atoms with Crippen LogP contribution in [0, 0.1) is 0 Å². The van der Waals surface area contributed by atoms with Gasteiger partial charge in [0.25, 0.3) is 0 Å². The molecule has 0 aliphatic rings. The van der Waals surface area contributed by atoms with Gasteiger partial charge in [-0.3, -0.25) is 10.1 Å². The minimum absolute atomic E-state index is 0.0784. The molecule has 1 N–H and O–H groups in total.